The Hall–Kier alpha value is -2.17. The Morgan fingerprint density at radius 2 is 1.76 bits per heavy atom. The molecule has 1 aliphatic rings. The third-order valence-corrected chi connectivity index (χ3v) is 4.99. The minimum Gasteiger partial charge on any atom is -0.326 e. The molecule has 0 aromatic heterocycles. The maximum absolute atomic E-state index is 12.3. The van der Waals surface area contributed by atoms with Crippen molar-refractivity contribution in [3.8, 4) is 0 Å². The number of piperidine rings is 1. The Labute approximate surface area is 150 Å². The third kappa shape index (κ3) is 4.68. The molecule has 1 amide bonds. The van der Waals surface area contributed by atoms with E-state index in [1.165, 1.54) is 31.4 Å². The van der Waals surface area contributed by atoms with Crippen LogP contribution < -0.4 is 11.1 Å². The van der Waals surface area contributed by atoms with Gasteiger partial charge in [0.25, 0.3) is 5.91 Å². The van der Waals surface area contributed by atoms with E-state index in [-0.39, 0.29) is 5.91 Å². The summed E-state index contributed by atoms with van der Waals surface area (Å²) in [4.78, 5) is 14.8. The first-order valence-corrected chi connectivity index (χ1v) is 9.09. The Balaban J connectivity index is 1.58. The molecular weight excluding hydrogens is 310 g/mol. The fraction of sp³-hybridized carbons (Fsp3) is 0.381. The molecule has 1 heterocycles. The van der Waals surface area contributed by atoms with Gasteiger partial charge in [-0.2, -0.15) is 0 Å². The number of anilines is 1. The highest BCUT2D eigenvalue weighted by atomic mass is 16.1. The second kappa shape index (κ2) is 8.28. The standard InChI is InChI=1S/C21H27N3O/c1-16-4-2-3-13-24(16)15-18-7-11-20(12-8-18)23-21(25)19-9-5-17(14-22)6-10-19/h5-12,16H,2-4,13-15,22H2,1H3,(H,23,25). The lowest BCUT2D eigenvalue weighted by atomic mass is 10.0. The average Bonchev–Trinajstić information content (AvgIpc) is 2.65. The summed E-state index contributed by atoms with van der Waals surface area (Å²) in [6, 6.07) is 16.2. The molecule has 1 saturated heterocycles. The van der Waals surface area contributed by atoms with Gasteiger partial charge in [0, 0.05) is 30.4 Å². The van der Waals surface area contributed by atoms with Crippen molar-refractivity contribution in [2.75, 3.05) is 11.9 Å². The predicted molar refractivity (Wildman–Crippen MR) is 102 cm³/mol. The normalized spacial score (nSPS) is 18.1. The summed E-state index contributed by atoms with van der Waals surface area (Å²) in [5, 5.41) is 2.95. The molecule has 2 aromatic carbocycles. The Kier molecular flexibility index (Phi) is 5.84. The molecule has 0 bridgehead atoms. The van der Waals surface area contributed by atoms with Gasteiger partial charge in [-0.25, -0.2) is 0 Å². The monoisotopic (exact) mass is 337 g/mol. The molecule has 2 aromatic rings. The van der Waals surface area contributed by atoms with Crippen LogP contribution in [0.1, 0.15) is 47.7 Å². The average molecular weight is 337 g/mol. The molecule has 1 atom stereocenters. The Bertz CT molecular complexity index is 694. The fourth-order valence-electron chi connectivity index (χ4n) is 3.32. The van der Waals surface area contributed by atoms with Crippen molar-refractivity contribution in [3.05, 3.63) is 65.2 Å². The number of likely N-dealkylation sites (tertiary alicyclic amines) is 1. The zero-order valence-electron chi connectivity index (χ0n) is 14.9. The lowest BCUT2D eigenvalue weighted by Crippen LogP contribution is -2.36. The summed E-state index contributed by atoms with van der Waals surface area (Å²) in [5.41, 5.74) is 9.36. The van der Waals surface area contributed by atoms with Crippen molar-refractivity contribution >= 4 is 11.6 Å². The van der Waals surface area contributed by atoms with Gasteiger partial charge in [-0.3, -0.25) is 9.69 Å². The van der Waals surface area contributed by atoms with E-state index in [4.69, 9.17) is 5.73 Å². The number of amides is 1. The number of carbonyl (C=O) groups excluding carboxylic acids is 1. The summed E-state index contributed by atoms with van der Waals surface area (Å²) < 4.78 is 0. The van der Waals surface area contributed by atoms with Gasteiger partial charge in [0.1, 0.15) is 0 Å². The van der Waals surface area contributed by atoms with Crippen LogP contribution in [-0.2, 0) is 13.1 Å². The van der Waals surface area contributed by atoms with E-state index >= 15 is 0 Å². The van der Waals surface area contributed by atoms with Gasteiger partial charge in [-0.15, -0.1) is 0 Å². The summed E-state index contributed by atoms with van der Waals surface area (Å²) in [6.07, 6.45) is 3.92. The van der Waals surface area contributed by atoms with E-state index in [1.807, 2.05) is 36.4 Å². The predicted octanol–water partition coefficient (Wildman–Crippen LogP) is 3.77. The van der Waals surface area contributed by atoms with Gasteiger partial charge in [0.15, 0.2) is 0 Å². The highest BCUT2D eigenvalue weighted by molar-refractivity contribution is 6.04. The van der Waals surface area contributed by atoms with Crippen LogP contribution in [0.3, 0.4) is 0 Å². The molecule has 0 saturated carbocycles. The summed E-state index contributed by atoms with van der Waals surface area (Å²) in [7, 11) is 0. The first-order chi connectivity index (χ1) is 12.2. The van der Waals surface area contributed by atoms with Gasteiger partial charge < -0.3 is 11.1 Å². The van der Waals surface area contributed by atoms with Crippen molar-refractivity contribution in [1.29, 1.82) is 0 Å². The molecular formula is C21H27N3O. The number of nitrogens with one attached hydrogen (secondary N) is 1. The zero-order valence-corrected chi connectivity index (χ0v) is 14.9. The van der Waals surface area contributed by atoms with Crippen molar-refractivity contribution in [2.24, 2.45) is 5.73 Å². The van der Waals surface area contributed by atoms with Gasteiger partial charge in [-0.05, 0) is 61.7 Å². The van der Waals surface area contributed by atoms with Crippen LogP contribution >= 0.6 is 0 Å². The second-order valence-electron chi connectivity index (χ2n) is 6.87. The van der Waals surface area contributed by atoms with Crippen LogP contribution in [0.4, 0.5) is 5.69 Å². The number of rotatable bonds is 5. The molecule has 1 unspecified atom stereocenters. The summed E-state index contributed by atoms with van der Waals surface area (Å²) in [6.45, 7) is 4.96. The van der Waals surface area contributed by atoms with E-state index < -0.39 is 0 Å². The molecule has 3 N–H and O–H groups in total. The molecule has 0 aliphatic carbocycles. The SMILES string of the molecule is CC1CCCCN1Cc1ccc(NC(=O)c2ccc(CN)cc2)cc1. The van der Waals surface area contributed by atoms with E-state index in [9.17, 15) is 4.79 Å². The lowest BCUT2D eigenvalue weighted by molar-refractivity contribution is 0.102. The molecule has 3 rings (SSSR count). The zero-order chi connectivity index (χ0) is 17.6. The maximum atomic E-state index is 12.3. The van der Waals surface area contributed by atoms with Crippen molar-refractivity contribution in [3.63, 3.8) is 0 Å². The van der Waals surface area contributed by atoms with Gasteiger partial charge >= 0.3 is 0 Å². The fourth-order valence-corrected chi connectivity index (χ4v) is 3.32. The molecule has 0 spiro atoms. The van der Waals surface area contributed by atoms with E-state index in [0.717, 1.165) is 17.8 Å². The number of benzene rings is 2. The van der Waals surface area contributed by atoms with Crippen molar-refractivity contribution in [2.45, 2.75) is 45.3 Å². The molecule has 4 nitrogen and oxygen atoms in total. The number of carbonyl (C=O) groups is 1. The maximum Gasteiger partial charge on any atom is 0.255 e. The van der Waals surface area contributed by atoms with Gasteiger partial charge in [0.05, 0.1) is 0 Å². The molecule has 25 heavy (non-hydrogen) atoms. The molecule has 1 aliphatic heterocycles. The second-order valence-corrected chi connectivity index (χ2v) is 6.87. The van der Waals surface area contributed by atoms with Crippen LogP contribution in [0, 0.1) is 0 Å². The highest BCUT2D eigenvalue weighted by Crippen LogP contribution is 2.20. The van der Waals surface area contributed by atoms with Gasteiger partial charge in [-0.1, -0.05) is 30.7 Å². The van der Waals surface area contributed by atoms with Crippen LogP contribution in [0.5, 0.6) is 0 Å². The molecule has 132 valence electrons. The topological polar surface area (TPSA) is 58.4 Å². The smallest absolute Gasteiger partial charge is 0.255 e. The lowest BCUT2D eigenvalue weighted by Gasteiger charge is -2.33. The molecule has 4 heteroatoms. The first kappa shape index (κ1) is 17.6. The van der Waals surface area contributed by atoms with Crippen molar-refractivity contribution in [1.82, 2.24) is 4.90 Å². The van der Waals surface area contributed by atoms with Crippen LogP contribution in [0.15, 0.2) is 48.5 Å². The summed E-state index contributed by atoms with van der Waals surface area (Å²) in [5.74, 6) is -0.0963. The highest BCUT2D eigenvalue weighted by Gasteiger charge is 2.18. The number of nitrogens with zero attached hydrogens (tertiary/aromatic N) is 1. The third-order valence-electron chi connectivity index (χ3n) is 4.99. The van der Waals surface area contributed by atoms with E-state index in [1.54, 1.807) is 0 Å². The minimum absolute atomic E-state index is 0.0963. The summed E-state index contributed by atoms with van der Waals surface area (Å²) >= 11 is 0. The van der Waals surface area contributed by atoms with Crippen LogP contribution in [0.2, 0.25) is 0 Å². The molecule has 1 fully saturated rings. The van der Waals surface area contributed by atoms with Crippen LogP contribution in [-0.4, -0.2) is 23.4 Å². The van der Waals surface area contributed by atoms with E-state index in [2.05, 4.69) is 29.3 Å². The van der Waals surface area contributed by atoms with Crippen molar-refractivity contribution < 1.29 is 4.79 Å². The van der Waals surface area contributed by atoms with Crippen LogP contribution in [0.25, 0.3) is 0 Å². The first-order valence-electron chi connectivity index (χ1n) is 9.09. The van der Waals surface area contributed by atoms with E-state index in [0.29, 0.717) is 18.2 Å². The Morgan fingerprint density at radius 1 is 1.08 bits per heavy atom. The van der Waals surface area contributed by atoms with Gasteiger partial charge in [0.2, 0.25) is 0 Å². The number of hydrogen-bond acceptors (Lipinski definition) is 3. The number of hydrogen-bond donors (Lipinski definition) is 2. The largest absolute Gasteiger partial charge is 0.326 e. The minimum atomic E-state index is -0.0963. The molecule has 0 radical (unpaired) electrons. The Morgan fingerprint density at radius 3 is 2.40 bits per heavy atom. The quantitative estimate of drug-likeness (QED) is 0.873. The number of nitrogens with two attached hydrogens (primary N) is 1.